The number of rotatable bonds is 8. The van der Waals surface area contributed by atoms with E-state index < -0.39 is 15.8 Å². The van der Waals surface area contributed by atoms with Crippen LogP contribution in [0.5, 0.6) is 5.75 Å². The van der Waals surface area contributed by atoms with Crippen molar-refractivity contribution in [3.05, 3.63) is 78.6 Å². The summed E-state index contributed by atoms with van der Waals surface area (Å²) in [4.78, 5) is 16.6. The van der Waals surface area contributed by atoms with Gasteiger partial charge in [0.2, 0.25) is 0 Å². The van der Waals surface area contributed by atoms with E-state index in [1.807, 2.05) is 31.2 Å². The van der Waals surface area contributed by atoms with E-state index in [1.54, 1.807) is 36.5 Å². The number of ether oxygens (including phenoxy) is 1. The van der Waals surface area contributed by atoms with Crippen molar-refractivity contribution in [3.8, 4) is 17.0 Å². The SMILES string of the molecule is CCOc1cccc(-c2nccc3c2cc(C(=O)O)n3CCS(=O)(=O)c2ccccc2)c1. The van der Waals surface area contributed by atoms with E-state index in [9.17, 15) is 18.3 Å². The summed E-state index contributed by atoms with van der Waals surface area (Å²) in [6.07, 6.45) is 1.60. The molecule has 0 saturated carbocycles. The van der Waals surface area contributed by atoms with Crippen LogP contribution in [0.25, 0.3) is 22.2 Å². The largest absolute Gasteiger partial charge is 0.494 e. The summed E-state index contributed by atoms with van der Waals surface area (Å²) in [5.41, 5.74) is 2.01. The number of aromatic carboxylic acids is 1. The fourth-order valence-corrected chi connectivity index (χ4v) is 4.92. The maximum absolute atomic E-state index is 12.7. The van der Waals surface area contributed by atoms with Gasteiger partial charge in [0.25, 0.3) is 0 Å². The smallest absolute Gasteiger partial charge is 0.352 e. The minimum Gasteiger partial charge on any atom is -0.494 e. The number of pyridine rings is 1. The maximum Gasteiger partial charge on any atom is 0.352 e. The zero-order valence-corrected chi connectivity index (χ0v) is 18.2. The average Bonchev–Trinajstić information content (AvgIpc) is 3.18. The highest BCUT2D eigenvalue weighted by Gasteiger charge is 2.21. The van der Waals surface area contributed by atoms with Gasteiger partial charge in [0.1, 0.15) is 11.4 Å². The first kappa shape index (κ1) is 21.6. The van der Waals surface area contributed by atoms with Crippen molar-refractivity contribution in [2.24, 2.45) is 0 Å². The number of sulfone groups is 1. The maximum atomic E-state index is 12.7. The molecule has 0 aliphatic heterocycles. The number of hydrogen-bond acceptors (Lipinski definition) is 5. The summed E-state index contributed by atoms with van der Waals surface area (Å²) in [5.74, 6) is -0.665. The van der Waals surface area contributed by atoms with Gasteiger partial charge in [-0.2, -0.15) is 0 Å². The average molecular weight is 451 g/mol. The number of carboxylic acid groups (broad SMARTS) is 1. The van der Waals surface area contributed by atoms with E-state index in [1.165, 1.54) is 16.7 Å². The Balaban J connectivity index is 1.77. The molecule has 0 radical (unpaired) electrons. The Morgan fingerprint density at radius 2 is 1.84 bits per heavy atom. The van der Waals surface area contributed by atoms with Crippen LogP contribution < -0.4 is 4.74 Å². The molecule has 32 heavy (non-hydrogen) atoms. The van der Waals surface area contributed by atoms with Gasteiger partial charge in [-0.15, -0.1) is 0 Å². The lowest BCUT2D eigenvalue weighted by atomic mass is 10.1. The molecule has 0 saturated heterocycles. The molecule has 8 heteroatoms. The first-order chi connectivity index (χ1) is 15.4. The Morgan fingerprint density at radius 3 is 2.56 bits per heavy atom. The monoisotopic (exact) mass is 450 g/mol. The van der Waals surface area contributed by atoms with Crippen LogP contribution in [0, 0.1) is 0 Å². The molecule has 2 aromatic carbocycles. The van der Waals surface area contributed by atoms with Gasteiger partial charge in [0, 0.05) is 23.7 Å². The van der Waals surface area contributed by atoms with Gasteiger partial charge in [-0.05, 0) is 43.3 Å². The van der Waals surface area contributed by atoms with Gasteiger partial charge in [-0.25, -0.2) is 13.2 Å². The highest BCUT2D eigenvalue weighted by atomic mass is 32.2. The topological polar surface area (TPSA) is 98.5 Å². The minimum absolute atomic E-state index is 0.00476. The predicted octanol–water partition coefficient (Wildman–Crippen LogP) is 4.27. The van der Waals surface area contributed by atoms with Gasteiger partial charge >= 0.3 is 5.97 Å². The lowest BCUT2D eigenvalue weighted by molar-refractivity contribution is 0.0686. The van der Waals surface area contributed by atoms with Crippen LogP contribution in [-0.4, -0.2) is 41.4 Å². The van der Waals surface area contributed by atoms with Crippen LogP contribution in [-0.2, 0) is 16.4 Å². The van der Waals surface area contributed by atoms with E-state index in [0.29, 0.717) is 29.0 Å². The molecule has 2 heterocycles. The molecule has 0 bridgehead atoms. The summed E-state index contributed by atoms with van der Waals surface area (Å²) in [6.45, 7) is 2.43. The molecule has 0 unspecified atom stereocenters. The van der Waals surface area contributed by atoms with E-state index in [4.69, 9.17) is 4.74 Å². The van der Waals surface area contributed by atoms with E-state index in [-0.39, 0.29) is 22.9 Å². The van der Waals surface area contributed by atoms with E-state index >= 15 is 0 Å². The molecule has 1 N–H and O–H groups in total. The second-order valence-corrected chi connectivity index (χ2v) is 9.28. The van der Waals surface area contributed by atoms with Gasteiger partial charge < -0.3 is 14.4 Å². The number of nitrogens with zero attached hydrogens (tertiary/aromatic N) is 2. The van der Waals surface area contributed by atoms with Gasteiger partial charge in [-0.1, -0.05) is 30.3 Å². The van der Waals surface area contributed by atoms with Crippen molar-refractivity contribution in [1.29, 1.82) is 0 Å². The second kappa shape index (κ2) is 8.84. The molecule has 0 aliphatic carbocycles. The molecule has 4 aromatic rings. The van der Waals surface area contributed by atoms with E-state index in [0.717, 1.165) is 5.56 Å². The van der Waals surface area contributed by atoms with Gasteiger partial charge in [-0.3, -0.25) is 4.98 Å². The fraction of sp³-hybridized carbons (Fsp3) is 0.167. The summed E-state index contributed by atoms with van der Waals surface area (Å²) in [7, 11) is -3.57. The van der Waals surface area contributed by atoms with Crippen molar-refractivity contribution in [2.45, 2.75) is 18.4 Å². The molecule has 0 aliphatic rings. The first-order valence-electron chi connectivity index (χ1n) is 10.1. The first-order valence-corrected chi connectivity index (χ1v) is 11.8. The number of aromatic nitrogens is 2. The van der Waals surface area contributed by atoms with Crippen LogP contribution in [0.3, 0.4) is 0 Å². The predicted molar refractivity (Wildman–Crippen MR) is 122 cm³/mol. The van der Waals surface area contributed by atoms with Crippen LogP contribution in [0.1, 0.15) is 17.4 Å². The Labute approximate surface area is 185 Å². The Hall–Kier alpha value is -3.65. The molecule has 7 nitrogen and oxygen atoms in total. The van der Waals surface area contributed by atoms with Crippen LogP contribution in [0.15, 0.2) is 77.8 Å². The molecule has 0 fully saturated rings. The van der Waals surface area contributed by atoms with Gasteiger partial charge in [0.15, 0.2) is 9.84 Å². The lowest BCUT2D eigenvalue weighted by Gasteiger charge is -2.10. The van der Waals surface area contributed by atoms with Gasteiger partial charge in [0.05, 0.1) is 28.5 Å². The normalized spacial score (nSPS) is 11.5. The zero-order valence-electron chi connectivity index (χ0n) is 17.4. The summed E-state index contributed by atoms with van der Waals surface area (Å²) in [5, 5.41) is 10.4. The minimum atomic E-state index is -3.57. The molecule has 164 valence electrons. The lowest BCUT2D eigenvalue weighted by Crippen LogP contribution is -2.16. The van der Waals surface area contributed by atoms with Crippen LogP contribution in [0.2, 0.25) is 0 Å². The highest BCUT2D eigenvalue weighted by molar-refractivity contribution is 7.91. The van der Waals surface area contributed by atoms with Crippen molar-refractivity contribution in [3.63, 3.8) is 0 Å². The Kier molecular flexibility index (Phi) is 5.96. The zero-order chi connectivity index (χ0) is 22.7. The van der Waals surface area contributed by atoms with Crippen molar-refractivity contribution in [2.75, 3.05) is 12.4 Å². The number of benzene rings is 2. The number of carboxylic acids is 1. The molecule has 0 amide bonds. The molecule has 4 rings (SSSR count). The van der Waals surface area contributed by atoms with Crippen molar-refractivity contribution in [1.82, 2.24) is 9.55 Å². The van der Waals surface area contributed by atoms with Crippen molar-refractivity contribution < 1.29 is 23.1 Å². The summed E-state index contributed by atoms with van der Waals surface area (Å²) < 4.78 is 32.6. The number of carbonyl (C=O) groups is 1. The quantitative estimate of drug-likeness (QED) is 0.430. The summed E-state index contributed by atoms with van der Waals surface area (Å²) >= 11 is 0. The van der Waals surface area contributed by atoms with Crippen LogP contribution >= 0.6 is 0 Å². The molecule has 2 aromatic heterocycles. The molecule has 0 spiro atoms. The fourth-order valence-electron chi connectivity index (χ4n) is 3.69. The highest BCUT2D eigenvalue weighted by Crippen LogP contribution is 2.31. The Bertz CT molecular complexity index is 1380. The third kappa shape index (κ3) is 4.22. The number of fused-ring (bicyclic) bond motifs is 1. The summed E-state index contributed by atoms with van der Waals surface area (Å²) in [6, 6.07) is 18.8. The standard InChI is InChI=1S/C24H22N2O5S/c1-2-31-18-8-6-7-17(15-18)23-20-16-22(24(27)28)26(21(20)11-12-25-23)13-14-32(29,30)19-9-4-3-5-10-19/h3-12,15-16H,2,13-14H2,1H3,(H,27,28). The Morgan fingerprint density at radius 1 is 1.06 bits per heavy atom. The third-order valence-electron chi connectivity index (χ3n) is 5.15. The van der Waals surface area contributed by atoms with E-state index in [2.05, 4.69) is 4.98 Å². The second-order valence-electron chi connectivity index (χ2n) is 7.17. The number of aryl methyl sites for hydroxylation is 1. The molecular weight excluding hydrogens is 428 g/mol. The molecule has 0 atom stereocenters. The third-order valence-corrected chi connectivity index (χ3v) is 6.86. The van der Waals surface area contributed by atoms with Crippen molar-refractivity contribution >= 4 is 26.7 Å². The van der Waals surface area contributed by atoms with Crippen LogP contribution in [0.4, 0.5) is 0 Å². The molecular formula is C24H22N2O5S. The number of hydrogen-bond donors (Lipinski definition) is 1.